The van der Waals surface area contributed by atoms with E-state index in [1.807, 2.05) is 87.6 Å². The Hall–Kier alpha value is -4.03. The number of nitrogens with one attached hydrogen (secondary N) is 1. The summed E-state index contributed by atoms with van der Waals surface area (Å²) in [6.07, 6.45) is 3.76. The van der Waals surface area contributed by atoms with Gasteiger partial charge in [0.25, 0.3) is 0 Å². The summed E-state index contributed by atoms with van der Waals surface area (Å²) in [6.45, 7) is 7.92. The third-order valence-corrected chi connectivity index (χ3v) is 5.77. The molecule has 1 aromatic heterocycles. The number of nitrogens with zero attached hydrogens (tertiary/aromatic N) is 1. The molecule has 0 aliphatic carbocycles. The second-order valence-corrected chi connectivity index (χ2v) is 10.3. The Morgan fingerprint density at radius 1 is 0.974 bits per heavy atom. The average Bonchev–Trinajstić information content (AvgIpc) is 2.89. The van der Waals surface area contributed by atoms with Crippen molar-refractivity contribution in [3.63, 3.8) is 0 Å². The van der Waals surface area contributed by atoms with Crippen LogP contribution in [-0.2, 0) is 17.6 Å². The molecule has 6 heteroatoms. The lowest BCUT2D eigenvalue weighted by molar-refractivity contribution is 0.0524. The van der Waals surface area contributed by atoms with Gasteiger partial charge in [-0.15, -0.1) is 0 Å². The lowest BCUT2D eigenvalue weighted by Gasteiger charge is -2.21. The molecule has 0 fully saturated rings. The van der Waals surface area contributed by atoms with Crippen LogP contribution in [0.5, 0.6) is 0 Å². The standard InChI is InChI=1S/C21H29N3O2.C11H8O/c1-15-10-17(11-18(22)14-24-20(25)26-21(2,3)4)13-23-19(15)12-16-8-6-5-7-9-16;12-8-9-5-6-10-3-1-2-4-11(10)7-9/h5-10,13,18H,11-12,14,22H2,1-4H3,(H,24,25);1-8H. The predicted molar refractivity (Wildman–Crippen MR) is 153 cm³/mol. The van der Waals surface area contributed by atoms with E-state index in [0.29, 0.717) is 13.0 Å². The Balaban J connectivity index is 0.000000275. The topological polar surface area (TPSA) is 94.3 Å². The van der Waals surface area contributed by atoms with Crippen molar-refractivity contribution in [3.8, 4) is 0 Å². The molecule has 0 spiro atoms. The van der Waals surface area contributed by atoms with Crippen LogP contribution in [0.25, 0.3) is 10.8 Å². The Bertz CT molecular complexity index is 1350. The summed E-state index contributed by atoms with van der Waals surface area (Å²) in [7, 11) is 0. The van der Waals surface area contributed by atoms with Crippen LogP contribution < -0.4 is 11.1 Å². The summed E-state index contributed by atoms with van der Waals surface area (Å²) in [5, 5.41) is 4.99. The summed E-state index contributed by atoms with van der Waals surface area (Å²) in [5.41, 5.74) is 10.9. The van der Waals surface area contributed by atoms with Gasteiger partial charge in [-0.2, -0.15) is 0 Å². The van der Waals surface area contributed by atoms with Crippen LogP contribution in [0.15, 0.2) is 85.1 Å². The van der Waals surface area contributed by atoms with Gasteiger partial charge in [-0.1, -0.05) is 72.8 Å². The molecular formula is C32H37N3O3. The van der Waals surface area contributed by atoms with Gasteiger partial charge in [0, 0.05) is 36.5 Å². The van der Waals surface area contributed by atoms with Crippen LogP contribution in [0.4, 0.5) is 4.79 Å². The number of amides is 1. The van der Waals surface area contributed by atoms with E-state index < -0.39 is 11.7 Å². The number of benzene rings is 3. The smallest absolute Gasteiger partial charge is 0.407 e. The number of hydrogen-bond donors (Lipinski definition) is 2. The van der Waals surface area contributed by atoms with Gasteiger partial charge in [-0.25, -0.2) is 4.79 Å². The Morgan fingerprint density at radius 2 is 1.66 bits per heavy atom. The molecule has 0 aliphatic rings. The number of rotatable bonds is 7. The fourth-order valence-electron chi connectivity index (χ4n) is 3.93. The molecule has 198 valence electrons. The lowest BCUT2D eigenvalue weighted by Crippen LogP contribution is -2.41. The number of ether oxygens (including phenoxy) is 1. The molecule has 0 aliphatic heterocycles. The molecule has 1 atom stereocenters. The van der Waals surface area contributed by atoms with E-state index in [-0.39, 0.29) is 6.04 Å². The largest absolute Gasteiger partial charge is 0.444 e. The molecule has 0 bridgehead atoms. The number of pyridine rings is 1. The minimum atomic E-state index is -0.510. The van der Waals surface area contributed by atoms with Gasteiger partial charge < -0.3 is 15.8 Å². The van der Waals surface area contributed by atoms with Crippen molar-refractivity contribution < 1.29 is 14.3 Å². The highest BCUT2D eigenvalue weighted by Gasteiger charge is 2.16. The van der Waals surface area contributed by atoms with E-state index in [0.717, 1.165) is 40.5 Å². The Morgan fingerprint density at radius 3 is 2.32 bits per heavy atom. The summed E-state index contributed by atoms with van der Waals surface area (Å²) in [5.74, 6) is 0. The van der Waals surface area contributed by atoms with Gasteiger partial charge in [0.2, 0.25) is 0 Å². The number of fused-ring (bicyclic) bond motifs is 1. The van der Waals surface area contributed by atoms with Gasteiger partial charge in [-0.3, -0.25) is 9.78 Å². The van der Waals surface area contributed by atoms with E-state index in [4.69, 9.17) is 10.5 Å². The maximum Gasteiger partial charge on any atom is 0.407 e. The second kappa shape index (κ2) is 13.5. The molecule has 3 N–H and O–H groups in total. The summed E-state index contributed by atoms with van der Waals surface area (Å²) < 4.78 is 5.21. The zero-order valence-electron chi connectivity index (χ0n) is 22.6. The van der Waals surface area contributed by atoms with Gasteiger partial charge in [0.1, 0.15) is 11.9 Å². The van der Waals surface area contributed by atoms with Gasteiger partial charge in [0.15, 0.2) is 0 Å². The minimum Gasteiger partial charge on any atom is -0.444 e. The van der Waals surface area contributed by atoms with Crippen molar-refractivity contribution in [3.05, 3.63) is 113 Å². The molecule has 6 nitrogen and oxygen atoms in total. The molecule has 4 rings (SSSR count). The Labute approximate surface area is 225 Å². The quantitative estimate of drug-likeness (QED) is 0.296. The molecule has 38 heavy (non-hydrogen) atoms. The number of aromatic nitrogens is 1. The summed E-state index contributed by atoms with van der Waals surface area (Å²) in [6, 6.07) is 25.9. The van der Waals surface area contributed by atoms with E-state index in [1.165, 1.54) is 10.9 Å². The maximum atomic E-state index is 11.7. The van der Waals surface area contributed by atoms with Crippen LogP contribution >= 0.6 is 0 Å². The number of aryl methyl sites for hydroxylation is 1. The summed E-state index contributed by atoms with van der Waals surface area (Å²) >= 11 is 0. The fraction of sp³-hybridized carbons (Fsp3) is 0.281. The molecule has 4 aromatic rings. The number of aldehydes is 1. The highest BCUT2D eigenvalue weighted by Crippen LogP contribution is 2.15. The number of hydrogen-bond acceptors (Lipinski definition) is 5. The predicted octanol–water partition coefficient (Wildman–Crippen LogP) is 6.03. The third-order valence-electron chi connectivity index (χ3n) is 5.77. The van der Waals surface area contributed by atoms with Crippen LogP contribution in [-0.4, -0.2) is 35.6 Å². The molecule has 3 aromatic carbocycles. The highest BCUT2D eigenvalue weighted by atomic mass is 16.6. The molecular weight excluding hydrogens is 474 g/mol. The van der Waals surface area contributed by atoms with Gasteiger partial charge in [0.05, 0.1) is 0 Å². The van der Waals surface area contributed by atoms with Crippen molar-refractivity contribution in [2.24, 2.45) is 5.73 Å². The first kappa shape index (κ1) is 28.5. The lowest BCUT2D eigenvalue weighted by atomic mass is 10.0. The number of nitrogens with two attached hydrogens (primary N) is 1. The average molecular weight is 512 g/mol. The summed E-state index contributed by atoms with van der Waals surface area (Å²) in [4.78, 5) is 26.7. The number of alkyl carbamates (subject to hydrolysis) is 1. The molecule has 1 amide bonds. The minimum absolute atomic E-state index is 0.191. The van der Waals surface area contributed by atoms with Crippen LogP contribution in [0.3, 0.4) is 0 Å². The normalized spacial score (nSPS) is 11.7. The monoisotopic (exact) mass is 511 g/mol. The molecule has 0 radical (unpaired) electrons. The van der Waals surface area contributed by atoms with Crippen molar-refractivity contribution >= 4 is 23.2 Å². The molecule has 1 unspecified atom stereocenters. The zero-order valence-corrected chi connectivity index (χ0v) is 22.6. The maximum absolute atomic E-state index is 11.7. The molecule has 0 saturated carbocycles. The van der Waals surface area contributed by atoms with Crippen LogP contribution in [0, 0.1) is 6.92 Å². The fourth-order valence-corrected chi connectivity index (χ4v) is 3.93. The van der Waals surface area contributed by atoms with Crippen molar-refractivity contribution in [1.29, 1.82) is 0 Å². The second-order valence-electron chi connectivity index (χ2n) is 10.3. The van der Waals surface area contributed by atoms with Crippen LogP contribution in [0.1, 0.15) is 53.5 Å². The van der Waals surface area contributed by atoms with Crippen molar-refractivity contribution in [1.82, 2.24) is 10.3 Å². The van der Waals surface area contributed by atoms with E-state index >= 15 is 0 Å². The van der Waals surface area contributed by atoms with Crippen molar-refractivity contribution in [2.45, 2.75) is 52.2 Å². The zero-order chi connectivity index (χ0) is 27.5. The first-order valence-corrected chi connectivity index (χ1v) is 12.8. The Kier molecular flexibility index (Phi) is 10.1. The third kappa shape index (κ3) is 9.45. The molecule has 0 saturated heterocycles. The van der Waals surface area contributed by atoms with Crippen molar-refractivity contribution in [2.75, 3.05) is 6.54 Å². The SMILES string of the molecule is Cc1cc(CC(N)CNC(=O)OC(C)(C)C)cnc1Cc1ccccc1.O=Cc1ccc2ccccc2c1. The first-order chi connectivity index (χ1) is 18.1. The highest BCUT2D eigenvalue weighted by molar-refractivity contribution is 5.88. The van der Waals surface area contributed by atoms with Gasteiger partial charge >= 0.3 is 6.09 Å². The van der Waals surface area contributed by atoms with Gasteiger partial charge in [-0.05, 0) is 67.6 Å². The van der Waals surface area contributed by atoms with E-state index in [2.05, 4.69) is 35.4 Å². The van der Waals surface area contributed by atoms with E-state index in [9.17, 15) is 9.59 Å². The number of carbonyl (C=O) groups is 2. The van der Waals surface area contributed by atoms with Crippen LogP contribution in [0.2, 0.25) is 0 Å². The molecule has 1 heterocycles. The van der Waals surface area contributed by atoms with E-state index in [1.54, 1.807) is 0 Å². The number of carbonyl (C=O) groups excluding carboxylic acids is 2. The first-order valence-electron chi connectivity index (χ1n) is 12.8.